The Morgan fingerprint density at radius 3 is 2.48 bits per heavy atom. The van der Waals surface area contributed by atoms with E-state index in [-0.39, 0.29) is 12.3 Å². The molecular formula is C15H21NO5S2. The van der Waals surface area contributed by atoms with Crippen molar-refractivity contribution in [3.63, 3.8) is 0 Å². The molecule has 0 unspecified atom stereocenters. The molecule has 1 aromatic carbocycles. The van der Waals surface area contributed by atoms with Gasteiger partial charge in [0.05, 0.1) is 20.6 Å². The third-order valence-electron chi connectivity index (χ3n) is 2.92. The number of rotatable bonds is 10. The summed E-state index contributed by atoms with van der Waals surface area (Å²) in [5.74, 6) is 1.15. The number of ether oxygens (including phenoxy) is 2. The summed E-state index contributed by atoms with van der Waals surface area (Å²) in [6.07, 6.45) is 0.141. The second kappa shape index (κ2) is 10.3. The summed E-state index contributed by atoms with van der Waals surface area (Å²) >= 11 is 0. The molecule has 0 spiro atoms. The zero-order valence-electron chi connectivity index (χ0n) is 13.4. The minimum absolute atomic E-state index is 0.141. The fourth-order valence-corrected chi connectivity index (χ4v) is 3.74. The fraction of sp³-hybridized carbons (Fsp3) is 0.467. The minimum atomic E-state index is -0.801. The van der Waals surface area contributed by atoms with Crippen LogP contribution < -0.4 is 14.8 Å². The summed E-state index contributed by atoms with van der Waals surface area (Å²) < 4.78 is 10.6. The molecule has 0 aliphatic rings. The van der Waals surface area contributed by atoms with E-state index in [1.807, 2.05) is 13.0 Å². The van der Waals surface area contributed by atoms with E-state index in [0.29, 0.717) is 35.1 Å². The number of aliphatic carboxylic acids is 1. The lowest BCUT2D eigenvalue weighted by Gasteiger charge is -2.15. The van der Waals surface area contributed by atoms with Crippen molar-refractivity contribution in [1.82, 2.24) is 5.32 Å². The van der Waals surface area contributed by atoms with E-state index in [0.717, 1.165) is 5.56 Å². The number of carbonyl (C=O) groups is 2. The van der Waals surface area contributed by atoms with E-state index >= 15 is 0 Å². The Hall–Kier alpha value is -1.54. The SMILES string of the molecule is COc1ccc(C)c(OC)c1C(=O)NCCSSCCC(=O)O. The Kier molecular flexibility index (Phi) is 8.71. The average molecular weight is 359 g/mol. The monoisotopic (exact) mass is 359 g/mol. The molecule has 8 heteroatoms. The van der Waals surface area contributed by atoms with E-state index in [9.17, 15) is 9.59 Å². The Bertz CT molecular complexity index is 551. The van der Waals surface area contributed by atoms with Crippen molar-refractivity contribution in [2.45, 2.75) is 13.3 Å². The van der Waals surface area contributed by atoms with Crippen molar-refractivity contribution in [1.29, 1.82) is 0 Å². The van der Waals surface area contributed by atoms with Crippen LogP contribution in [-0.2, 0) is 4.79 Å². The topological polar surface area (TPSA) is 84.9 Å². The van der Waals surface area contributed by atoms with E-state index in [2.05, 4.69) is 5.32 Å². The van der Waals surface area contributed by atoms with Crippen LogP contribution in [0, 0.1) is 6.92 Å². The molecular weight excluding hydrogens is 338 g/mol. The lowest BCUT2D eigenvalue weighted by molar-refractivity contribution is -0.136. The van der Waals surface area contributed by atoms with Crippen molar-refractivity contribution in [2.24, 2.45) is 0 Å². The highest BCUT2D eigenvalue weighted by Crippen LogP contribution is 2.31. The van der Waals surface area contributed by atoms with Gasteiger partial charge in [-0.15, -0.1) is 0 Å². The molecule has 0 aliphatic carbocycles. The molecule has 1 rings (SSSR count). The highest BCUT2D eigenvalue weighted by Gasteiger charge is 2.19. The molecule has 0 fully saturated rings. The van der Waals surface area contributed by atoms with Crippen LogP contribution in [0.1, 0.15) is 22.3 Å². The van der Waals surface area contributed by atoms with Gasteiger partial charge in [-0.1, -0.05) is 27.7 Å². The highest BCUT2D eigenvalue weighted by atomic mass is 33.1. The van der Waals surface area contributed by atoms with Crippen molar-refractivity contribution >= 4 is 33.5 Å². The maximum Gasteiger partial charge on any atom is 0.304 e. The number of carboxylic acid groups (broad SMARTS) is 1. The number of carboxylic acids is 1. The minimum Gasteiger partial charge on any atom is -0.496 e. The van der Waals surface area contributed by atoms with Crippen LogP contribution in [0.3, 0.4) is 0 Å². The fourth-order valence-electron chi connectivity index (χ4n) is 1.86. The largest absolute Gasteiger partial charge is 0.496 e. The third-order valence-corrected chi connectivity index (χ3v) is 5.33. The van der Waals surface area contributed by atoms with Crippen molar-refractivity contribution in [3.05, 3.63) is 23.3 Å². The molecule has 0 saturated carbocycles. The lowest BCUT2D eigenvalue weighted by Crippen LogP contribution is -2.26. The average Bonchev–Trinajstić information content (AvgIpc) is 2.53. The van der Waals surface area contributed by atoms with Crippen LogP contribution in [0.5, 0.6) is 11.5 Å². The van der Waals surface area contributed by atoms with Gasteiger partial charge in [0.2, 0.25) is 0 Å². The number of hydrogen-bond acceptors (Lipinski definition) is 6. The molecule has 6 nitrogen and oxygen atoms in total. The van der Waals surface area contributed by atoms with Crippen LogP contribution >= 0.6 is 21.6 Å². The molecule has 1 aromatic rings. The number of aryl methyl sites for hydroxylation is 1. The number of hydrogen-bond donors (Lipinski definition) is 2. The molecule has 23 heavy (non-hydrogen) atoms. The predicted octanol–water partition coefficient (Wildman–Crippen LogP) is 2.60. The molecule has 128 valence electrons. The smallest absolute Gasteiger partial charge is 0.304 e. The van der Waals surface area contributed by atoms with Gasteiger partial charge in [-0.2, -0.15) is 0 Å². The molecule has 0 aromatic heterocycles. The number of amides is 1. The Morgan fingerprint density at radius 2 is 1.87 bits per heavy atom. The summed E-state index contributed by atoms with van der Waals surface area (Å²) in [7, 11) is 6.04. The molecule has 1 amide bonds. The molecule has 2 N–H and O–H groups in total. The van der Waals surface area contributed by atoms with Gasteiger partial charge in [0.1, 0.15) is 17.1 Å². The summed E-state index contributed by atoms with van der Waals surface area (Å²) in [4.78, 5) is 22.7. The van der Waals surface area contributed by atoms with Gasteiger partial charge in [-0.05, 0) is 18.6 Å². The van der Waals surface area contributed by atoms with E-state index in [4.69, 9.17) is 14.6 Å². The van der Waals surface area contributed by atoms with Gasteiger partial charge in [-0.3, -0.25) is 9.59 Å². The third kappa shape index (κ3) is 6.23. The Balaban J connectivity index is 2.52. The maximum absolute atomic E-state index is 12.4. The van der Waals surface area contributed by atoms with Crippen LogP contribution in [0.15, 0.2) is 12.1 Å². The van der Waals surface area contributed by atoms with Gasteiger partial charge in [0, 0.05) is 18.1 Å². The summed E-state index contributed by atoms with van der Waals surface area (Å²) in [5.41, 5.74) is 1.25. The molecule has 0 bridgehead atoms. The Morgan fingerprint density at radius 1 is 1.17 bits per heavy atom. The van der Waals surface area contributed by atoms with Crippen molar-refractivity contribution in [2.75, 3.05) is 32.3 Å². The maximum atomic E-state index is 12.4. The summed E-state index contributed by atoms with van der Waals surface area (Å²) in [6, 6.07) is 3.58. The first-order chi connectivity index (χ1) is 11.0. The standard InChI is InChI=1S/C15H21NO5S2/c1-10-4-5-11(20-2)13(14(10)21-3)15(19)16-7-9-23-22-8-6-12(17)18/h4-5H,6-9H2,1-3H3,(H,16,19)(H,17,18). The van der Waals surface area contributed by atoms with E-state index in [1.54, 1.807) is 6.07 Å². The number of benzene rings is 1. The van der Waals surface area contributed by atoms with E-state index < -0.39 is 5.97 Å². The lowest BCUT2D eigenvalue weighted by atomic mass is 10.1. The van der Waals surface area contributed by atoms with Gasteiger partial charge in [0.25, 0.3) is 5.91 Å². The van der Waals surface area contributed by atoms with Crippen LogP contribution in [0.4, 0.5) is 0 Å². The first kappa shape index (κ1) is 19.5. The number of nitrogens with one attached hydrogen (secondary N) is 1. The molecule has 0 radical (unpaired) electrons. The van der Waals surface area contributed by atoms with Gasteiger partial charge >= 0.3 is 5.97 Å². The molecule has 0 saturated heterocycles. The van der Waals surface area contributed by atoms with Crippen LogP contribution in [-0.4, -0.2) is 49.3 Å². The van der Waals surface area contributed by atoms with E-state index in [1.165, 1.54) is 35.8 Å². The molecule has 0 atom stereocenters. The van der Waals surface area contributed by atoms with Crippen LogP contribution in [0.2, 0.25) is 0 Å². The van der Waals surface area contributed by atoms with Crippen molar-refractivity contribution < 1.29 is 24.2 Å². The Labute approximate surface area is 143 Å². The normalized spacial score (nSPS) is 10.2. The zero-order valence-corrected chi connectivity index (χ0v) is 15.0. The first-order valence-electron chi connectivity index (χ1n) is 6.97. The number of carbonyl (C=O) groups excluding carboxylic acids is 1. The zero-order chi connectivity index (χ0) is 17.2. The molecule has 0 aliphatic heterocycles. The second-order valence-electron chi connectivity index (χ2n) is 4.54. The number of methoxy groups -OCH3 is 2. The summed E-state index contributed by atoms with van der Waals surface area (Å²) in [6.45, 7) is 2.34. The van der Waals surface area contributed by atoms with Crippen molar-refractivity contribution in [3.8, 4) is 11.5 Å². The molecule has 0 heterocycles. The first-order valence-corrected chi connectivity index (χ1v) is 9.46. The van der Waals surface area contributed by atoms with Gasteiger partial charge in [0.15, 0.2) is 0 Å². The van der Waals surface area contributed by atoms with Gasteiger partial charge in [-0.25, -0.2) is 0 Å². The highest BCUT2D eigenvalue weighted by molar-refractivity contribution is 8.76. The quantitative estimate of drug-likeness (QED) is 0.490. The summed E-state index contributed by atoms with van der Waals surface area (Å²) in [5, 5.41) is 11.4. The van der Waals surface area contributed by atoms with Gasteiger partial charge < -0.3 is 19.9 Å². The second-order valence-corrected chi connectivity index (χ2v) is 7.24. The predicted molar refractivity (Wildman–Crippen MR) is 93.8 cm³/mol. The van der Waals surface area contributed by atoms with Crippen LogP contribution in [0.25, 0.3) is 0 Å².